The molecule has 1 saturated heterocycles. The predicted octanol–water partition coefficient (Wildman–Crippen LogP) is 2.28. The van der Waals surface area contributed by atoms with Crippen molar-refractivity contribution >= 4 is 21.6 Å². The molecule has 0 N–H and O–H groups in total. The van der Waals surface area contributed by atoms with E-state index in [1.165, 1.54) is 0 Å². The number of alkyl halides is 1. The fourth-order valence-electron chi connectivity index (χ4n) is 2.70. The van der Waals surface area contributed by atoms with Gasteiger partial charge in [0.25, 0.3) is 0 Å². The Hall–Kier alpha value is -0.620. The normalized spacial score (nSPS) is 18.3. The maximum absolute atomic E-state index is 12.6. The molecule has 4 nitrogen and oxygen atoms in total. The summed E-state index contributed by atoms with van der Waals surface area (Å²) in [6, 6.07) is 7.59. The molecule has 1 aliphatic heterocycles. The molecule has 0 radical (unpaired) electrons. The summed E-state index contributed by atoms with van der Waals surface area (Å²) >= 11 is 5.80. The summed E-state index contributed by atoms with van der Waals surface area (Å²) in [6.07, 6.45) is 1.79. The number of piperidine rings is 1. The summed E-state index contributed by atoms with van der Waals surface area (Å²) in [6.45, 7) is 1.90. The van der Waals surface area contributed by atoms with Gasteiger partial charge in [-0.3, -0.25) is 0 Å². The fourth-order valence-corrected chi connectivity index (χ4v) is 4.34. The van der Waals surface area contributed by atoms with Crippen molar-refractivity contribution in [1.82, 2.24) is 9.21 Å². The third kappa shape index (κ3) is 4.42. The smallest absolute Gasteiger partial charge is 0.218 e. The Balaban J connectivity index is 2.06. The van der Waals surface area contributed by atoms with Gasteiger partial charge in [-0.15, -0.1) is 11.6 Å². The number of benzene rings is 1. The summed E-state index contributed by atoms with van der Waals surface area (Å²) in [5.74, 6) is 0.444. The molecule has 6 heteroatoms. The Kier molecular flexibility index (Phi) is 5.66. The van der Waals surface area contributed by atoms with E-state index < -0.39 is 10.0 Å². The first kappa shape index (κ1) is 16.7. The van der Waals surface area contributed by atoms with Gasteiger partial charge in [-0.25, -0.2) is 12.7 Å². The van der Waals surface area contributed by atoms with Crippen molar-refractivity contribution in [2.75, 3.05) is 27.2 Å². The molecular weight excluding hydrogens is 308 g/mol. The van der Waals surface area contributed by atoms with Crippen LogP contribution in [0.15, 0.2) is 24.3 Å². The topological polar surface area (TPSA) is 40.6 Å². The van der Waals surface area contributed by atoms with E-state index >= 15 is 0 Å². The fraction of sp³-hybridized carbons (Fsp3) is 0.600. The molecule has 118 valence electrons. The number of nitrogens with zero attached hydrogens (tertiary/aromatic N) is 2. The van der Waals surface area contributed by atoms with Gasteiger partial charge >= 0.3 is 0 Å². The van der Waals surface area contributed by atoms with Crippen molar-refractivity contribution in [1.29, 1.82) is 0 Å². The Morgan fingerprint density at radius 2 is 1.90 bits per heavy atom. The summed E-state index contributed by atoms with van der Waals surface area (Å²) in [7, 11) is 0.493. The standard InChI is InChI=1S/C15H23ClN2O2S/c1-17-8-6-15(7-9-17)18(2)21(19,20)12-14-5-3-4-13(10-14)11-16/h3-5,10,15H,6-9,11-12H2,1-2H3. The van der Waals surface area contributed by atoms with Gasteiger partial charge in [-0.1, -0.05) is 24.3 Å². The Bertz CT molecular complexity index is 569. The quantitative estimate of drug-likeness (QED) is 0.778. The number of likely N-dealkylation sites (tertiary alicyclic amines) is 1. The molecular formula is C15H23ClN2O2S. The van der Waals surface area contributed by atoms with E-state index in [9.17, 15) is 8.42 Å². The second-order valence-electron chi connectivity index (χ2n) is 5.76. The molecule has 1 aliphatic rings. The molecule has 1 aromatic rings. The third-order valence-corrected chi connectivity index (χ3v) is 6.32. The number of hydrogen-bond donors (Lipinski definition) is 0. The molecule has 0 amide bonds. The molecule has 21 heavy (non-hydrogen) atoms. The van der Waals surface area contributed by atoms with E-state index in [0.717, 1.165) is 37.1 Å². The highest BCUT2D eigenvalue weighted by Gasteiger charge is 2.28. The summed E-state index contributed by atoms with van der Waals surface area (Å²) < 4.78 is 26.7. The zero-order valence-corrected chi connectivity index (χ0v) is 14.2. The summed E-state index contributed by atoms with van der Waals surface area (Å²) in [4.78, 5) is 2.24. The minimum atomic E-state index is -3.28. The van der Waals surface area contributed by atoms with E-state index in [2.05, 4.69) is 11.9 Å². The van der Waals surface area contributed by atoms with Crippen LogP contribution in [0.1, 0.15) is 24.0 Å². The second kappa shape index (κ2) is 7.09. The van der Waals surface area contributed by atoms with Crippen molar-refractivity contribution in [2.24, 2.45) is 0 Å². The molecule has 1 heterocycles. The van der Waals surface area contributed by atoms with Gasteiger partial charge in [0, 0.05) is 19.0 Å². The molecule has 0 aromatic heterocycles. The minimum Gasteiger partial charge on any atom is -0.306 e. The highest BCUT2D eigenvalue weighted by molar-refractivity contribution is 7.88. The van der Waals surface area contributed by atoms with E-state index in [-0.39, 0.29) is 11.8 Å². The van der Waals surface area contributed by atoms with Crippen LogP contribution in [-0.4, -0.2) is 50.8 Å². The molecule has 0 aliphatic carbocycles. The van der Waals surface area contributed by atoms with Gasteiger partial charge in [0.1, 0.15) is 0 Å². The summed E-state index contributed by atoms with van der Waals surface area (Å²) in [5, 5.41) is 0. The van der Waals surface area contributed by atoms with Crippen molar-refractivity contribution in [3.8, 4) is 0 Å². The van der Waals surface area contributed by atoms with Crippen LogP contribution < -0.4 is 0 Å². The maximum atomic E-state index is 12.6. The lowest BCUT2D eigenvalue weighted by Gasteiger charge is -2.34. The van der Waals surface area contributed by atoms with Crippen molar-refractivity contribution in [2.45, 2.75) is 30.5 Å². The van der Waals surface area contributed by atoms with E-state index in [4.69, 9.17) is 11.6 Å². The van der Waals surface area contributed by atoms with Crippen LogP contribution in [0.5, 0.6) is 0 Å². The van der Waals surface area contributed by atoms with Crippen LogP contribution in [0, 0.1) is 0 Å². The molecule has 0 spiro atoms. The molecule has 2 rings (SSSR count). The van der Waals surface area contributed by atoms with E-state index in [1.807, 2.05) is 24.3 Å². The summed E-state index contributed by atoms with van der Waals surface area (Å²) in [5.41, 5.74) is 1.75. The van der Waals surface area contributed by atoms with Gasteiger partial charge < -0.3 is 4.90 Å². The van der Waals surface area contributed by atoms with Crippen LogP contribution >= 0.6 is 11.6 Å². The zero-order chi connectivity index (χ0) is 15.5. The SMILES string of the molecule is CN1CCC(N(C)S(=O)(=O)Cc2cccc(CCl)c2)CC1. The Labute approximate surface area is 132 Å². The second-order valence-corrected chi connectivity index (χ2v) is 8.06. The first-order valence-electron chi connectivity index (χ1n) is 7.20. The van der Waals surface area contributed by atoms with Gasteiger partial charge in [0.2, 0.25) is 10.0 Å². The van der Waals surface area contributed by atoms with E-state index in [0.29, 0.717) is 5.88 Å². The predicted molar refractivity (Wildman–Crippen MR) is 86.9 cm³/mol. The highest BCUT2D eigenvalue weighted by Crippen LogP contribution is 2.20. The van der Waals surface area contributed by atoms with Crippen molar-refractivity contribution in [3.05, 3.63) is 35.4 Å². The molecule has 1 aromatic carbocycles. The number of hydrogen-bond acceptors (Lipinski definition) is 3. The average Bonchev–Trinajstić information content (AvgIpc) is 2.47. The van der Waals surface area contributed by atoms with Crippen molar-refractivity contribution < 1.29 is 8.42 Å². The maximum Gasteiger partial charge on any atom is 0.218 e. The molecule has 0 atom stereocenters. The molecule has 1 fully saturated rings. The van der Waals surface area contributed by atoms with Crippen LogP contribution in [0.2, 0.25) is 0 Å². The number of sulfonamides is 1. The van der Waals surface area contributed by atoms with Gasteiger partial charge in [0.15, 0.2) is 0 Å². The minimum absolute atomic E-state index is 0.0422. The van der Waals surface area contributed by atoms with Crippen LogP contribution in [0.3, 0.4) is 0 Å². The Morgan fingerprint density at radius 3 is 2.52 bits per heavy atom. The number of rotatable bonds is 5. The monoisotopic (exact) mass is 330 g/mol. The van der Waals surface area contributed by atoms with Crippen LogP contribution in [0.4, 0.5) is 0 Å². The lowest BCUT2D eigenvalue weighted by atomic mass is 10.1. The van der Waals surface area contributed by atoms with Gasteiger partial charge in [0.05, 0.1) is 5.75 Å². The Morgan fingerprint density at radius 1 is 1.29 bits per heavy atom. The van der Waals surface area contributed by atoms with Gasteiger partial charge in [-0.05, 0) is 44.1 Å². The first-order valence-corrected chi connectivity index (χ1v) is 9.35. The van der Waals surface area contributed by atoms with Crippen LogP contribution in [0.25, 0.3) is 0 Å². The molecule has 0 bridgehead atoms. The highest BCUT2D eigenvalue weighted by atomic mass is 35.5. The largest absolute Gasteiger partial charge is 0.306 e. The van der Waals surface area contributed by atoms with E-state index in [1.54, 1.807) is 11.4 Å². The average molecular weight is 331 g/mol. The molecule has 0 unspecified atom stereocenters. The van der Waals surface area contributed by atoms with Crippen molar-refractivity contribution in [3.63, 3.8) is 0 Å². The lowest BCUT2D eigenvalue weighted by Crippen LogP contribution is -2.44. The lowest BCUT2D eigenvalue weighted by molar-refractivity contribution is 0.197. The van der Waals surface area contributed by atoms with Crippen LogP contribution in [-0.2, 0) is 21.7 Å². The number of halogens is 1. The third-order valence-electron chi connectivity index (χ3n) is 4.14. The zero-order valence-electron chi connectivity index (χ0n) is 12.6. The van der Waals surface area contributed by atoms with Gasteiger partial charge in [-0.2, -0.15) is 0 Å². The molecule has 0 saturated carbocycles. The first-order chi connectivity index (χ1) is 9.92.